The zero-order valence-electron chi connectivity index (χ0n) is 32.2. The van der Waals surface area contributed by atoms with Crippen molar-refractivity contribution in [1.29, 1.82) is 0 Å². The molecule has 7 heteroatoms. The maximum atomic E-state index is 13.4. The van der Waals surface area contributed by atoms with Gasteiger partial charge < -0.3 is 20.3 Å². The second-order valence-electron chi connectivity index (χ2n) is 20.0. The third-order valence-corrected chi connectivity index (χ3v) is 15.6. The Bertz CT molecular complexity index is 1360. The molecule has 4 saturated carbocycles. The van der Waals surface area contributed by atoms with Gasteiger partial charge in [0.1, 0.15) is 5.60 Å². The highest BCUT2D eigenvalue weighted by Crippen LogP contribution is 2.76. The van der Waals surface area contributed by atoms with Crippen molar-refractivity contribution in [3.05, 3.63) is 11.1 Å². The molecule has 9 atom stereocenters. The van der Waals surface area contributed by atoms with E-state index >= 15 is 0 Å². The molecule has 270 valence electrons. The van der Waals surface area contributed by atoms with Gasteiger partial charge in [0, 0.05) is 25.6 Å². The van der Waals surface area contributed by atoms with Crippen molar-refractivity contribution in [2.75, 3.05) is 13.1 Å². The number of carbonyl (C=O) groups excluding carboxylic acids is 3. The second kappa shape index (κ2) is 11.8. The van der Waals surface area contributed by atoms with Crippen LogP contribution in [0.15, 0.2) is 11.1 Å². The first kappa shape index (κ1) is 35.8. The lowest BCUT2D eigenvalue weighted by Crippen LogP contribution is -2.67. The number of amides is 3. The summed E-state index contributed by atoms with van der Waals surface area (Å²) in [5.74, 6) is 2.42. The van der Waals surface area contributed by atoms with E-state index in [1.807, 2.05) is 20.8 Å². The Morgan fingerprint density at radius 1 is 0.896 bits per heavy atom. The third-order valence-electron chi connectivity index (χ3n) is 15.6. The average Bonchev–Trinajstić information content (AvgIpc) is 3.54. The highest BCUT2D eigenvalue weighted by molar-refractivity contribution is 6.00. The molecule has 0 aromatic heterocycles. The summed E-state index contributed by atoms with van der Waals surface area (Å²) < 4.78 is 5.63. The molecule has 7 nitrogen and oxygen atoms in total. The molecular weight excluding hydrogens is 598 g/mol. The molecule has 5 aliphatic carbocycles. The molecule has 3 amide bonds. The lowest BCUT2D eigenvalue weighted by molar-refractivity contribution is -0.215. The fourth-order valence-electron chi connectivity index (χ4n) is 13.2. The number of allylic oxidation sites excluding steroid dienone is 2. The standard InChI is InChI=1S/C41H67N3O4/c1-25(2)32-28(45)23-38(8)20-21-40(10)27(33(32)38)14-15-30-39(9)18-17-31(37(6,7)29(39)16-19-41(30,40)11)43-34(46)42-24-26-13-12-22-44(26)35(47)48-36(3,4)5/h25-27,29-31H,12-24H2,1-11H3,(H2,42,43,46)/t26?,27-,29+,30-,31+,38+,39+,40-,41-/m1/s1. The van der Waals surface area contributed by atoms with E-state index in [1.165, 1.54) is 37.7 Å². The van der Waals surface area contributed by atoms with Crippen molar-refractivity contribution >= 4 is 17.9 Å². The summed E-state index contributed by atoms with van der Waals surface area (Å²) in [6, 6.07) is -0.0452. The fraction of sp³-hybridized carbons (Fsp3) is 0.878. The normalized spacial score (nSPS) is 42.1. The predicted octanol–water partition coefficient (Wildman–Crippen LogP) is 9.05. The van der Waals surface area contributed by atoms with Gasteiger partial charge in [-0.05, 0) is 141 Å². The van der Waals surface area contributed by atoms with Gasteiger partial charge in [0.15, 0.2) is 5.78 Å². The summed E-state index contributed by atoms with van der Waals surface area (Å²) in [6.45, 7) is 26.4. The molecular formula is C41H67N3O4. The molecule has 6 aliphatic rings. The fourth-order valence-corrected chi connectivity index (χ4v) is 13.2. The zero-order chi connectivity index (χ0) is 35.2. The zero-order valence-corrected chi connectivity index (χ0v) is 32.2. The number of Topliss-reactive ketones (excluding diaryl/α,β-unsaturated/α-hetero) is 1. The minimum Gasteiger partial charge on any atom is -0.444 e. The van der Waals surface area contributed by atoms with Gasteiger partial charge in [-0.3, -0.25) is 4.79 Å². The molecule has 1 saturated heterocycles. The topological polar surface area (TPSA) is 87.7 Å². The van der Waals surface area contributed by atoms with E-state index in [0.717, 1.165) is 38.5 Å². The molecule has 0 spiro atoms. The number of urea groups is 1. The van der Waals surface area contributed by atoms with E-state index in [2.05, 4.69) is 66.0 Å². The molecule has 5 fully saturated rings. The van der Waals surface area contributed by atoms with Crippen LogP contribution in [0.2, 0.25) is 0 Å². The van der Waals surface area contributed by atoms with Gasteiger partial charge in [0.05, 0.1) is 6.04 Å². The van der Waals surface area contributed by atoms with Crippen LogP contribution in [0.3, 0.4) is 0 Å². The van der Waals surface area contributed by atoms with Crippen molar-refractivity contribution in [2.24, 2.45) is 50.7 Å². The number of rotatable bonds is 4. The third kappa shape index (κ3) is 5.45. The van der Waals surface area contributed by atoms with Gasteiger partial charge in [-0.15, -0.1) is 0 Å². The van der Waals surface area contributed by atoms with Crippen LogP contribution < -0.4 is 10.6 Å². The quantitative estimate of drug-likeness (QED) is 0.314. The summed E-state index contributed by atoms with van der Waals surface area (Å²) in [6.07, 6.45) is 11.6. The molecule has 1 heterocycles. The van der Waals surface area contributed by atoms with Crippen LogP contribution in [0.1, 0.15) is 147 Å². The van der Waals surface area contributed by atoms with Crippen LogP contribution in [0.4, 0.5) is 9.59 Å². The van der Waals surface area contributed by atoms with Crippen LogP contribution >= 0.6 is 0 Å². The predicted molar refractivity (Wildman–Crippen MR) is 191 cm³/mol. The summed E-state index contributed by atoms with van der Waals surface area (Å²) >= 11 is 0. The molecule has 0 aromatic rings. The van der Waals surface area contributed by atoms with E-state index in [9.17, 15) is 14.4 Å². The minimum atomic E-state index is -0.535. The lowest BCUT2D eigenvalue weighted by atomic mass is 9.33. The minimum absolute atomic E-state index is 0.0321. The maximum Gasteiger partial charge on any atom is 0.410 e. The smallest absolute Gasteiger partial charge is 0.410 e. The van der Waals surface area contributed by atoms with Gasteiger partial charge in [0.25, 0.3) is 0 Å². The Morgan fingerprint density at radius 2 is 1.60 bits per heavy atom. The number of carbonyl (C=O) groups is 3. The first-order valence-electron chi connectivity index (χ1n) is 19.5. The summed E-state index contributed by atoms with van der Waals surface area (Å²) in [7, 11) is 0. The highest BCUT2D eigenvalue weighted by Gasteiger charge is 2.69. The Kier molecular flexibility index (Phi) is 8.76. The molecule has 2 N–H and O–H groups in total. The average molecular weight is 666 g/mol. The van der Waals surface area contributed by atoms with Crippen molar-refractivity contribution in [3.63, 3.8) is 0 Å². The van der Waals surface area contributed by atoms with Gasteiger partial charge in [-0.25, -0.2) is 9.59 Å². The van der Waals surface area contributed by atoms with E-state index in [4.69, 9.17) is 4.74 Å². The van der Waals surface area contributed by atoms with Crippen LogP contribution in [0.25, 0.3) is 0 Å². The summed E-state index contributed by atoms with van der Waals surface area (Å²) in [5.41, 5.74) is 2.90. The molecule has 1 aliphatic heterocycles. The van der Waals surface area contributed by atoms with E-state index in [1.54, 1.807) is 10.5 Å². The van der Waals surface area contributed by atoms with Crippen LogP contribution in [0.5, 0.6) is 0 Å². The van der Waals surface area contributed by atoms with Gasteiger partial charge in [0.2, 0.25) is 0 Å². The van der Waals surface area contributed by atoms with Crippen LogP contribution in [-0.4, -0.2) is 53.6 Å². The van der Waals surface area contributed by atoms with Crippen molar-refractivity contribution < 1.29 is 19.1 Å². The van der Waals surface area contributed by atoms with Crippen molar-refractivity contribution in [3.8, 4) is 0 Å². The van der Waals surface area contributed by atoms with Gasteiger partial charge in [-0.2, -0.15) is 0 Å². The largest absolute Gasteiger partial charge is 0.444 e. The van der Waals surface area contributed by atoms with Gasteiger partial charge in [-0.1, -0.05) is 61.0 Å². The maximum absolute atomic E-state index is 13.4. The molecule has 6 rings (SSSR count). The van der Waals surface area contributed by atoms with E-state index in [-0.39, 0.29) is 51.3 Å². The SMILES string of the molecule is CC(C)C1=C2[C@H]3CC[C@@H]4[C@@]5(C)CC[C@H](NC(=O)NCC6CCCN6C(=O)OC(C)(C)C)C(C)(C)[C@@H]5CC[C@@]4(C)[C@]3(C)CC[C@@]2(C)CC1=O. The summed E-state index contributed by atoms with van der Waals surface area (Å²) in [5, 5.41) is 6.56. The second-order valence-corrected chi connectivity index (χ2v) is 20.0. The van der Waals surface area contributed by atoms with Gasteiger partial charge >= 0.3 is 12.1 Å². The number of likely N-dealkylation sites (tertiary alicyclic amines) is 1. The van der Waals surface area contributed by atoms with Crippen LogP contribution in [-0.2, 0) is 9.53 Å². The number of hydrogen-bond donors (Lipinski definition) is 2. The first-order chi connectivity index (χ1) is 22.2. The number of nitrogens with zero attached hydrogens (tertiary/aromatic N) is 1. The van der Waals surface area contributed by atoms with Crippen molar-refractivity contribution in [1.82, 2.24) is 15.5 Å². The van der Waals surface area contributed by atoms with E-state index in [0.29, 0.717) is 42.5 Å². The lowest BCUT2D eigenvalue weighted by Gasteiger charge is -2.72. The molecule has 0 aromatic carbocycles. The number of hydrogen-bond acceptors (Lipinski definition) is 4. The monoisotopic (exact) mass is 666 g/mol. The number of fused-ring (bicyclic) bond motifs is 7. The molecule has 1 unspecified atom stereocenters. The Balaban J connectivity index is 1.15. The Hall–Kier alpha value is -2.05. The number of ether oxygens (including phenoxy) is 1. The number of ketones is 1. The Morgan fingerprint density at radius 3 is 2.27 bits per heavy atom. The van der Waals surface area contributed by atoms with Crippen LogP contribution in [0, 0.1) is 50.7 Å². The first-order valence-corrected chi connectivity index (χ1v) is 19.5. The highest BCUT2D eigenvalue weighted by atomic mass is 16.6. The molecule has 0 bridgehead atoms. The van der Waals surface area contributed by atoms with Crippen molar-refractivity contribution in [2.45, 2.75) is 164 Å². The molecule has 48 heavy (non-hydrogen) atoms. The Labute approximate surface area is 291 Å². The van der Waals surface area contributed by atoms with E-state index < -0.39 is 5.60 Å². The number of nitrogens with one attached hydrogen (secondary N) is 2. The molecule has 0 radical (unpaired) electrons. The summed E-state index contributed by atoms with van der Waals surface area (Å²) in [4.78, 5) is 41.4.